The summed E-state index contributed by atoms with van der Waals surface area (Å²) in [6.07, 6.45) is 1.47. The summed E-state index contributed by atoms with van der Waals surface area (Å²) in [5.74, 6) is -0.286. The van der Waals surface area contributed by atoms with Crippen molar-refractivity contribution in [3.8, 4) is 0 Å². The van der Waals surface area contributed by atoms with E-state index in [1.165, 1.54) is 17.2 Å². The van der Waals surface area contributed by atoms with Crippen molar-refractivity contribution in [1.82, 2.24) is 9.88 Å². The number of rotatable bonds is 3. The van der Waals surface area contributed by atoms with Crippen LogP contribution in [0.1, 0.15) is 21.6 Å². The third kappa shape index (κ3) is 3.36. The fourth-order valence-corrected chi connectivity index (χ4v) is 2.37. The quantitative estimate of drug-likeness (QED) is 0.938. The van der Waals surface area contributed by atoms with Gasteiger partial charge in [0.1, 0.15) is 5.56 Å². The molecule has 0 unspecified atom stereocenters. The molecule has 0 spiro atoms. The van der Waals surface area contributed by atoms with E-state index >= 15 is 0 Å². The molecule has 0 radical (unpaired) electrons. The smallest absolute Gasteiger partial charge is 0.259 e. The van der Waals surface area contributed by atoms with Gasteiger partial charge in [0.15, 0.2) is 5.43 Å². The molecule has 0 saturated heterocycles. The second-order valence-corrected chi connectivity index (χ2v) is 5.60. The third-order valence-corrected chi connectivity index (χ3v) is 3.44. The first kappa shape index (κ1) is 14.5. The zero-order valence-electron chi connectivity index (χ0n) is 11.3. The first-order valence-corrected chi connectivity index (χ1v) is 6.96. The van der Waals surface area contributed by atoms with Gasteiger partial charge in [0, 0.05) is 36.0 Å². The molecule has 0 fully saturated rings. The van der Waals surface area contributed by atoms with E-state index in [4.69, 9.17) is 0 Å². The van der Waals surface area contributed by atoms with Crippen molar-refractivity contribution in [3.05, 3.63) is 68.0 Å². The fraction of sp³-hybridized carbons (Fsp3) is 0.200. The molecule has 0 bridgehead atoms. The van der Waals surface area contributed by atoms with Gasteiger partial charge in [-0.1, -0.05) is 28.1 Å². The largest absolute Gasteiger partial charge is 0.364 e. The summed E-state index contributed by atoms with van der Waals surface area (Å²) in [7, 11) is 1.68. The van der Waals surface area contributed by atoms with Crippen LogP contribution in [0.25, 0.3) is 0 Å². The van der Waals surface area contributed by atoms with Crippen LogP contribution < -0.4 is 5.43 Å². The Morgan fingerprint density at radius 1 is 1.35 bits per heavy atom. The number of aromatic nitrogens is 1. The predicted octanol–water partition coefficient (Wildman–Crippen LogP) is 2.72. The van der Waals surface area contributed by atoms with Crippen molar-refractivity contribution in [2.75, 3.05) is 7.05 Å². The Morgan fingerprint density at radius 3 is 2.75 bits per heavy atom. The molecule has 1 amide bonds. The van der Waals surface area contributed by atoms with Crippen molar-refractivity contribution in [3.63, 3.8) is 0 Å². The second-order valence-electron chi connectivity index (χ2n) is 4.69. The Labute approximate surface area is 125 Å². The van der Waals surface area contributed by atoms with Crippen LogP contribution in [0.4, 0.5) is 0 Å². The first-order chi connectivity index (χ1) is 9.47. The Morgan fingerprint density at radius 2 is 2.10 bits per heavy atom. The number of pyridine rings is 1. The lowest BCUT2D eigenvalue weighted by Crippen LogP contribution is -2.30. The molecule has 0 saturated carbocycles. The van der Waals surface area contributed by atoms with Crippen molar-refractivity contribution >= 4 is 21.8 Å². The van der Waals surface area contributed by atoms with Gasteiger partial charge in [0.25, 0.3) is 5.91 Å². The molecule has 0 aliphatic carbocycles. The van der Waals surface area contributed by atoms with Crippen LogP contribution in [0.15, 0.2) is 45.8 Å². The maximum atomic E-state index is 12.3. The number of carbonyl (C=O) groups excluding carboxylic acids is 1. The monoisotopic (exact) mass is 334 g/mol. The highest BCUT2D eigenvalue weighted by molar-refractivity contribution is 9.10. The lowest BCUT2D eigenvalue weighted by atomic mass is 10.2. The summed E-state index contributed by atoms with van der Waals surface area (Å²) < 4.78 is 0.962. The van der Waals surface area contributed by atoms with Crippen LogP contribution in [-0.2, 0) is 6.54 Å². The Bertz CT molecular complexity index is 694. The standard InChI is InChI=1S/C15H15BrN2O2/c1-10-6-14(19)13(8-17-10)15(20)18(2)9-11-4-3-5-12(16)7-11/h3-8H,9H2,1-2H3,(H,17,19). The first-order valence-electron chi connectivity index (χ1n) is 6.16. The van der Waals surface area contributed by atoms with Gasteiger partial charge in [0.05, 0.1) is 0 Å². The van der Waals surface area contributed by atoms with Crippen LogP contribution in [0.5, 0.6) is 0 Å². The van der Waals surface area contributed by atoms with Gasteiger partial charge in [-0.3, -0.25) is 9.59 Å². The topological polar surface area (TPSA) is 53.2 Å². The Kier molecular flexibility index (Phi) is 4.39. The maximum absolute atomic E-state index is 12.3. The molecule has 5 heteroatoms. The van der Waals surface area contributed by atoms with E-state index in [1.54, 1.807) is 14.0 Å². The molecule has 0 atom stereocenters. The number of halogens is 1. The molecule has 2 aromatic rings. The minimum Gasteiger partial charge on any atom is -0.364 e. The SMILES string of the molecule is Cc1cc(=O)c(C(=O)N(C)Cc2cccc(Br)c2)c[nH]1. The molecular formula is C15H15BrN2O2. The summed E-state index contributed by atoms with van der Waals surface area (Å²) in [5.41, 5.74) is 1.64. The normalized spacial score (nSPS) is 10.3. The highest BCUT2D eigenvalue weighted by atomic mass is 79.9. The van der Waals surface area contributed by atoms with Crippen molar-refractivity contribution in [1.29, 1.82) is 0 Å². The second kappa shape index (κ2) is 6.05. The third-order valence-electron chi connectivity index (χ3n) is 2.94. The average Bonchev–Trinajstić information content (AvgIpc) is 2.38. The van der Waals surface area contributed by atoms with Crippen LogP contribution in [0.2, 0.25) is 0 Å². The molecule has 1 aromatic heterocycles. The minimum absolute atomic E-state index is 0.160. The van der Waals surface area contributed by atoms with E-state index in [1.807, 2.05) is 24.3 Å². The van der Waals surface area contributed by atoms with Crippen LogP contribution in [0.3, 0.4) is 0 Å². The number of aryl methyl sites for hydroxylation is 1. The van der Waals surface area contributed by atoms with E-state index < -0.39 is 0 Å². The molecule has 20 heavy (non-hydrogen) atoms. The van der Waals surface area contributed by atoms with Crippen LogP contribution in [0, 0.1) is 6.92 Å². The summed E-state index contributed by atoms with van der Waals surface area (Å²) in [6, 6.07) is 9.16. The molecule has 1 heterocycles. The van der Waals surface area contributed by atoms with Crippen LogP contribution in [-0.4, -0.2) is 22.8 Å². The number of carbonyl (C=O) groups is 1. The Balaban J connectivity index is 2.18. The zero-order chi connectivity index (χ0) is 14.7. The number of H-pyrrole nitrogens is 1. The van der Waals surface area contributed by atoms with Gasteiger partial charge in [-0.2, -0.15) is 0 Å². The lowest BCUT2D eigenvalue weighted by Gasteiger charge is -2.17. The summed E-state index contributed by atoms with van der Waals surface area (Å²) in [6.45, 7) is 2.23. The zero-order valence-corrected chi connectivity index (χ0v) is 12.9. The summed E-state index contributed by atoms with van der Waals surface area (Å²) in [4.78, 5) is 28.5. The molecule has 0 aliphatic heterocycles. The maximum Gasteiger partial charge on any atom is 0.259 e. The fourth-order valence-electron chi connectivity index (χ4n) is 1.93. The highest BCUT2D eigenvalue weighted by Gasteiger charge is 2.15. The predicted molar refractivity (Wildman–Crippen MR) is 81.7 cm³/mol. The van der Waals surface area contributed by atoms with Gasteiger partial charge in [-0.05, 0) is 24.6 Å². The molecule has 1 N–H and O–H groups in total. The van der Waals surface area contributed by atoms with Crippen molar-refractivity contribution in [2.24, 2.45) is 0 Å². The number of benzene rings is 1. The van der Waals surface area contributed by atoms with E-state index in [2.05, 4.69) is 20.9 Å². The van der Waals surface area contributed by atoms with Gasteiger partial charge < -0.3 is 9.88 Å². The number of hydrogen-bond acceptors (Lipinski definition) is 2. The molecule has 2 rings (SSSR count). The minimum atomic E-state index is -0.286. The number of aromatic amines is 1. The Hall–Kier alpha value is -1.88. The number of nitrogens with zero attached hydrogens (tertiary/aromatic N) is 1. The van der Waals surface area contributed by atoms with Crippen molar-refractivity contribution in [2.45, 2.75) is 13.5 Å². The van der Waals surface area contributed by atoms with E-state index in [0.717, 1.165) is 15.7 Å². The van der Waals surface area contributed by atoms with Gasteiger partial charge in [-0.25, -0.2) is 0 Å². The molecule has 4 nitrogen and oxygen atoms in total. The molecular weight excluding hydrogens is 320 g/mol. The highest BCUT2D eigenvalue weighted by Crippen LogP contribution is 2.13. The van der Waals surface area contributed by atoms with E-state index in [0.29, 0.717) is 6.54 Å². The molecule has 104 valence electrons. The number of nitrogens with one attached hydrogen (secondary N) is 1. The van der Waals surface area contributed by atoms with Gasteiger partial charge >= 0.3 is 0 Å². The average molecular weight is 335 g/mol. The van der Waals surface area contributed by atoms with Crippen molar-refractivity contribution < 1.29 is 4.79 Å². The summed E-state index contributed by atoms with van der Waals surface area (Å²) in [5, 5.41) is 0. The number of amides is 1. The molecule has 0 aliphatic rings. The van der Waals surface area contributed by atoms with Gasteiger partial charge in [0.2, 0.25) is 0 Å². The lowest BCUT2D eigenvalue weighted by molar-refractivity contribution is 0.0783. The molecule has 1 aromatic carbocycles. The number of hydrogen-bond donors (Lipinski definition) is 1. The summed E-state index contributed by atoms with van der Waals surface area (Å²) >= 11 is 3.40. The van der Waals surface area contributed by atoms with Crippen LogP contribution >= 0.6 is 15.9 Å². The van der Waals surface area contributed by atoms with E-state index in [-0.39, 0.29) is 16.9 Å². The van der Waals surface area contributed by atoms with E-state index in [9.17, 15) is 9.59 Å². The van der Waals surface area contributed by atoms with Gasteiger partial charge in [-0.15, -0.1) is 0 Å².